The Morgan fingerprint density at radius 3 is 2.39 bits per heavy atom. The normalized spacial score (nSPS) is 13.5. The predicted molar refractivity (Wildman–Crippen MR) is 128 cm³/mol. The fraction of sp³-hybridized carbons (Fsp3) is 0.292. The van der Waals surface area contributed by atoms with Gasteiger partial charge in [-0.05, 0) is 71.8 Å². The van der Waals surface area contributed by atoms with Crippen molar-refractivity contribution in [3.63, 3.8) is 0 Å². The molecule has 1 aromatic heterocycles. The summed E-state index contributed by atoms with van der Waals surface area (Å²) in [6.45, 7) is 1.36. The van der Waals surface area contributed by atoms with Crippen LogP contribution in [-0.4, -0.2) is 46.5 Å². The van der Waals surface area contributed by atoms with Crippen molar-refractivity contribution >= 4 is 27.3 Å². The molecule has 0 spiro atoms. The van der Waals surface area contributed by atoms with Gasteiger partial charge in [0.1, 0.15) is 0 Å². The number of hydrogen-bond acceptors (Lipinski definition) is 6. The van der Waals surface area contributed by atoms with Crippen molar-refractivity contribution < 1.29 is 22.7 Å². The van der Waals surface area contributed by atoms with Gasteiger partial charge in [0.05, 0.1) is 19.1 Å². The van der Waals surface area contributed by atoms with Crippen LogP contribution in [0.1, 0.15) is 26.4 Å². The van der Waals surface area contributed by atoms with Crippen LogP contribution in [0.4, 0.5) is 0 Å². The molecule has 3 aromatic rings. The first kappa shape index (κ1) is 23.3. The summed E-state index contributed by atoms with van der Waals surface area (Å²) >= 11 is 1.60. The monoisotopic (exact) mass is 486 g/mol. The van der Waals surface area contributed by atoms with Gasteiger partial charge < -0.3 is 14.4 Å². The minimum absolute atomic E-state index is 0.134. The second-order valence-electron chi connectivity index (χ2n) is 7.70. The molecule has 0 fully saturated rings. The lowest BCUT2D eigenvalue weighted by Gasteiger charge is -2.29. The molecule has 0 aliphatic carbocycles. The summed E-state index contributed by atoms with van der Waals surface area (Å²) in [7, 11) is -0.442. The summed E-state index contributed by atoms with van der Waals surface area (Å²) in [6, 6.07) is 13.9. The Bertz CT molecular complexity index is 1220. The lowest BCUT2D eigenvalue weighted by Crippen LogP contribution is -2.36. The molecular formula is C24H26N2O5S2. The van der Waals surface area contributed by atoms with E-state index in [-0.39, 0.29) is 10.8 Å². The highest BCUT2D eigenvalue weighted by atomic mass is 32.2. The molecule has 1 aliphatic rings. The van der Waals surface area contributed by atoms with E-state index in [0.29, 0.717) is 49.5 Å². The highest BCUT2D eigenvalue weighted by molar-refractivity contribution is 7.89. The van der Waals surface area contributed by atoms with Gasteiger partial charge in [-0.25, -0.2) is 13.1 Å². The van der Waals surface area contributed by atoms with E-state index in [4.69, 9.17) is 9.47 Å². The van der Waals surface area contributed by atoms with E-state index in [0.717, 1.165) is 16.0 Å². The van der Waals surface area contributed by atoms with Gasteiger partial charge in [0.25, 0.3) is 5.91 Å². The van der Waals surface area contributed by atoms with Crippen molar-refractivity contribution in [1.29, 1.82) is 0 Å². The maximum absolute atomic E-state index is 13.1. The molecule has 0 atom stereocenters. The Labute approximate surface area is 198 Å². The smallest absolute Gasteiger partial charge is 0.254 e. The van der Waals surface area contributed by atoms with Crippen molar-refractivity contribution in [3.8, 4) is 11.5 Å². The molecule has 0 bridgehead atoms. The summed E-state index contributed by atoms with van der Waals surface area (Å²) in [5, 5.41) is 1.97. The van der Waals surface area contributed by atoms with Crippen molar-refractivity contribution in [2.24, 2.45) is 0 Å². The number of amides is 1. The van der Waals surface area contributed by atoms with Crippen molar-refractivity contribution in [2.75, 3.05) is 27.3 Å². The Morgan fingerprint density at radius 2 is 1.76 bits per heavy atom. The Hall–Kier alpha value is -2.88. The third-order valence-electron chi connectivity index (χ3n) is 5.66. The molecule has 0 unspecified atom stereocenters. The molecule has 0 saturated heterocycles. The molecular weight excluding hydrogens is 460 g/mol. The largest absolute Gasteiger partial charge is 0.493 e. The fourth-order valence-corrected chi connectivity index (χ4v) is 5.60. The maximum atomic E-state index is 13.1. The van der Waals surface area contributed by atoms with Crippen LogP contribution in [0.5, 0.6) is 11.5 Å². The van der Waals surface area contributed by atoms with Crippen molar-refractivity contribution in [2.45, 2.75) is 24.3 Å². The second-order valence-corrected chi connectivity index (χ2v) is 10.5. The Morgan fingerprint density at radius 1 is 1.06 bits per heavy atom. The van der Waals surface area contributed by atoms with Gasteiger partial charge in [-0.15, -0.1) is 11.3 Å². The molecule has 174 valence electrons. The molecule has 1 N–H and O–H groups in total. The Kier molecular flexibility index (Phi) is 7.02. The average molecular weight is 487 g/mol. The number of nitrogens with one attached hydrogen (secondary N) is 1. The van der Waals surface area contributed by atoms with Crippen LogP contribution in [0.25, 0.3) is 0 Å². The fourth-order valence-electron chi connectivity index (χ4n) is 3.86. The van der Waals surface area contributed by atoms with E-state index >= 15 is 0 Å². The second kappa shape index (κ2) is 9.94. The molecule has 0 radical (unpaired) electrons. The topological polar surface area (TPSA) is 84.9 Å². The number of benzene rings is 2. The quantitative estimate of drug-likeness (QED) is 0.527. The highest BCUT2D eigenvalue weighted by Gasteiger charge is 2.24. The highest BCUT2D eigenvalue weighted by Crippen LogP contribution is 2.33. The zero-order valence-electron chi connectivity index (χ0n) is 18.5. The minimum atomic E-state index is -3.63. The molecule has 1 aliphatic heterocycles. The van der Waals surface area contributed by atoms with Crippen LogP contribution in [0.3, 0.4) is 0 Å². The number of sulfonamides is 1. The first-order valence-electron chi connectivity index (χ1n) is 10.6. The van der Waals surface area contributed by atoms with Crippen LogP contribution in [0.2, 0.25) is 0 Å². The standard InChI is InChI=1S/C24H26N2O5S2/c1-30-22-14-18-10-12-26(16-19(18)15-23(22)31-2)24(27)17-5-7-21(8-6-17)33(28,29)25-11-9-20-4-3-13-32-20/h3-8,13-15,25H,9-12,16H2,1-2H3. The third kappa shape index (κ3) is 5.21. The molecule has 9 heteroatoms. The Balaban J connectivity index is 1.42. The van der Waals surface area contributed by atoms with Gasteiger partial charge in [-0.2, -0.15) is 0 Å². The van der Waals surface area contributed by atoms with E-state index in [1.807, 2.05) is 29.6 Å². The van der Waals surface area contributed by atoms with Crippen molar-refractivity contribution in [1.82, 2.24) is 9.62 Å². The van der Waals surface area contributed by atoms with Crippen LogP contribution in [0, 0.1) is 0 Å². The lowest BCUT2D eigenvalue weighted by molar-refractivity contribution is 0.0734. The number of nitrogens with zero attached hydrogens (tertiary/aromatic N) is 1. The van der Waals surface area contributed by atoms with Gasteiger partial charge in [-0.3, -0.25) is 4.79 Å². The zero-order chi connectivity index (χ0) is 23.4. The van der Waals surface area contributed by atoms with Crippen LogP contribution >= 0.6 is 11.3 Å². The zero-order valence-corrected chi connectivity index (χ0v) is 20.2. The first-order chi connectivity index (χ1) is 15.9. The van der Waals surface area contributed by atoms with Crippen LogP contribution in [-0.2, 0) is 29.4 Å². The van der Waals surface area contributed by atoms with Gasteiger partial charge in [0.2, 0.25) is 10.0 Å². The lowest BCUT2D eigenvalue weighted by atomic mass is 9.98. The number of thiophene rings is 1. The molecule has 0 saturated carbocycles. The first-order valence-corrected chi connectivity index (χ1v) is 12.9. The van der Waals surface area contributed by atoms with E-state index in [2.05, 4.69) is 4.72 Å². The SMILES string of the molecule is COc1cc2c(cc1OC)CN(C(=O)c1ccc(S(=O)(=O)NCCc3cccs3)cc1)CC2. The number of carbonyl (C=O) groups is 1. The summed E-state index contributed by atoms with van der Waals surface area (Å²) in [5.41, 5.74) is 2.60. The summed E-state index contributed by atoms with van der Waals surface area (Å²) < 4.78 is 38.5. The van der Waals surface area contributed by atoms with E-state index in [1.165, 1.54) is 12.1 Å². The number of hydrogen-bond donors (Lipinski definition) is 1. The van der Waals surface area contributed by atoms with E-state index in [9.17, 15) is 13.2 Å². The summed E-state index contributed by atoms with van der Waals surface area (Å²) in [6.07, 6.45) is 1.35. The van der Waals surface area contributed by atoms with Gasteiger partial charge in [0.15, 0.2) is 11.5 Å². The molecule has 7 nitrogen and oxygen atoms in total. The maximum Gasteiger partial charge on any atom is 0.254 e. The third-order valence-corrected chi connectivity index (χ3v) is 8.07. The van der Waals surface area contributed by atoms with Gasteiger partial charge >= 0.3 is 0 Å². The van der Waals surface area contributed by atoms with Crippen LogP contribution in [0.15, 0.2) is 58.8 Å². The molecule has 2 aromatic carbocycles. The van der Waals surface area contributed by atoms with E-state index < -0.39 is 10.0 Å². The predicted octanol–water partition coefficient (Wildman–Crippen LogP) is 3.48. The number of fused-ring (bicyclic) bond motifs is 1. The van der Waals surface area contributed by atoms with Gasteiger partial charge in [-0.1, -0.05) is 6.07 Å². The van der Waals surface area contributed by atoms with Crippen molar-refractivity contribution in [3.05, 3.63) is 75.5 Å². The van der Waals surface area contributed by atoms with Crippen LogP contribution < -0.4 is 14.2 Å². The van der Waals surface area contributed by atoms with E-state index in [1.54, 1.807) is 42.6 Å². The molecule has 33 heavy (non-hydrogen) atoms. The number of carbonyl (C=O) groups excluding carboxylic acids is 1. The molecule has 1 amide bonds. The summed E-state index contributed by atoms with van der Waals surface area (Å²) in [4.78, 5) is 16.1. The van der Waals surface area contributed by atoms with Gasteiger partial charge in [0, 0.05) is 30.1 Å². The molecule has 4 rings (SSSR count). The minimum Gasteiger partial charge on any atom is -0.493 e. The molecule has 2 heterocycles. The average Bonchev–Trinajstić information content (AvgIpc) is 3.35. The number of ether oxygens (including phenoxy) is 2. The summed E-state index contributed by atoms with van der Waals surface area (Å²) in [5.74, 6) is 1.17. The number of methoxy groups -OCH3 is 2. The number of rotatable bonds is 8.